The summed E-state index contributed by atoms with van der Waals surface area (Å²) in [5, 5.41) is 0. The van der Waals surface area contributed by atoms with Crippen LogP contribution in [0.4, 0.5) is 0 Å². The number of hydrogen-bond donors (Lipinski definition) is 0. The first-order valence-corrected chi connectivity index (χ1v) is 7.85. The third-order valence-electron chi connectivity index (χ3n) is 4.15. The first-order chi connectivity index (χ1) is 10.2. The van der Waals surface area contributed by atoms with Crippen molar-refractivity contribution in [3.8, 4) is 11.5 Å². The van der Waals surface area contributed by atoms with Crippen LogP contribution in [0.5, 0.6) is 11.5 Å². The van der Waals surface area contributed by atoms with Crippen LogP contribution in [0.25, 0.3) is 0 Å². The molecule has 2 heteroatoms. The fraction of sp³-hybridized carbons (Fsp3) is 0.500. The van der Waals surface area contributed by atoms with Crippen molar-refractivity contribution in [2.24, 2.45) is 0 Å². The maximum Gasteiger partial charge on any atom is 0.125 e. The molecule has 0 aromatic heterocycles. The molecule has 0 saturated carbocycles. The summed E-state index contributed by atoms with van der Waals surface area (Å²) >= 11 is 0. The molecule has 0 saturated heterocycles. The van der Waals surface area contributed by atoms with E-state index in [1.165, 1.54) is 5.57 Å². The molecular weight excluding hydrogens is 272 g/mol. The number of allylic oxidation sites excluding steroid dienone is 2. The topological polar surface area (TPSA) is 18.5 Å². The highest BCUT2D eigenvalue weighted by Crippen LogP contribution is 2.35. The predicted molar refractivity (Wildman–Crippen MR) is 95.1 cm³/mol. The highest BCUT2D eigenvalue weighted by Gasteiger charge is 2.23. The molecule has 1 aromatic rings. The summed E-state index contributed by atoms with van der Waals surface area (Å²) in [5.41, 5.74) is 4.31. The van der Waals surface area contributed by atoms with E-state index in [9.17, 15) is 0 Å². The average molecular weight is 302 g/mol. The predicted octanol–water partition coefficient (Wildman–Crippen LogP) is 5.69. The first kappa shape index (κ1) is 18.3. The van der Waals surface area contributed by atoms with Crippen LogP contribution in [0.2, 0.25) is 0 Å². The summed E-state index contributed by atoms with van der Waals surface area (Å²) in [6.07, 6.45) is 6.03. The molecule has 0 bridgehead atoms. The number of ether oxygens (including phenoxy) is 2. The summed E-state index contributed by atoms with van der Waals surface area (Å²) < 4.78 is 11.8. The number of methoxy groups -OCH3 is 1. The van der Waals surface area contributed by atoms with Gasteiger partial charge in [0, 0.05) is 0 Å². The van der Waals surface area contributed by atoms with Crippen LogP contribution >= 0.6 is 0 Å². The molecule has 0 heterocycles. The fourth-order valence-electron chi connectivity index (χ4n) is 2.53. The number of benzene rings is 1. The Labute approximate surface area is 135 Å². The van der Waals surface area contributed by atoms with Crippen molar-refractivity contribution in [3.63, 3.8) is 0 Å². The zero-order chi connectivity index (χ0) is 16.9. The van der Waals surface area contributed by atoms with Gasteiger partial charge < -0.3 is 9.47 Å². The summed E-state index contributed by atoms with van der Waals surface area (Å²) in [5.74, 6) is 1.85. The third-order valence-corrected chi connectivity index (χ3v) is 4.15. The molecule has 1 rings (SSSR count). The Bertz CT molecular complexity index is 566. The second-order valence-electron chi connectivity index (χ2n) is 6.41. The Morgan fingerprint density at radius 3 is 2.36 bits per heavy atom. The lowest BCUT2D eigenvalue weighted by Crippen LogP contribution is -2.29. The van der Waals surface area contributed by atoms with E-state index in [1.54, 1.807) is 7.11 Å². The van der Waals surface area contributed by atoms with Crippen molar-refractivity contribution in [2.75, 3.05) is 7.11 Å². The van der Waals surface area contributed by atoms with Crippen LogP contribution < -0.4 is 9.47 Å². The molecule has 1 aromatic carbocycles. The van der Waals surface area contributed by atoms with E-state index in [4.69, 9.17) is 9.47 Å². The number of hydrogen-bond acceptors (Lipinski definition) is 2. The molecule has 0 radical (unpaired) electrons. The van der Waals surface area contributed by atoms with Crippen LogP contribution in [0.1, 0.15) is 50.3 Å². The van der Waals surface area contributed by atoms with Gasteiger partial charge in [0.05, 0.1) is 7.11 Å². The lowest BCUT2D eigenvalue weighted by Gasteiger charge is -2.29. The molecule has 0 aliphatic rings. The van der Waals surface area contributed by atoms with Gasteiger partial charge in [-0.15, -0.1) is 0 Å². The molecule has 0 aliphatic carbocycles. The second kappa shape index (κ2) is 7.53. The van der Waals surface area contributed by atoms with Crippen LogP contribution in [-0.2, 0) is 0 Å². The van der Waals surface area contributed by atoms with Crippen molar-refractivity contribution in [2.45, 2.75) is 60.0 Å². The molecule has 0 aliphatic heterocycles. The largest absolute Gasteiger partial charge is 0.496 e. The Morgan fingerprint density at radius 1 is 1.23 bits per heavy atom. The minimum atomic E-state index is -0.371. The monoisotopic (exact) mass is 302 g/mol. The maximum atomic E-state index is 6.32. The normalized spacial score (nSPS) is 13.2. The number of aryl methyl sites for hydroxylation is 1. The van der Waals surface area contributed by atoms with Gasteiger partial charge in [-0.1, -0.05) is 18.2 Å². The minimum absolute atomic E-state index is 0.371. The Hall–Kier alpha value is -1.70. The van der Waals surface area contributed by atoms with E-state index in [0.717, 1.165) is 41.0 Å². The van der Waals surface area contributed by atoms with Gasteiger partial charge >= 0.3 is 0 Å². The molecule has 0 amide bonds. The molecule has 0 N–H and O–H groups in total. The zero-order valence-electron chi connectivity index (χ0n) is 15.2. The number of rotatable bonds is 7. The molecule has 22 heavy (non-hydrogen) atoms. The average Bonchev–Trinajstić information content (AvgIpc) is 2.44. The van der Waals surface area contributed by atoms with Gasteiger partial charge in [-0.3, -0.25) is 0 Å². The molecule has 2 nitrogen and oxygen atoms in total. The van der Waals surface area contributed by atoms with Crippen molar-refractivity contribution < 1.29 is 9.47 Å². The van der Waals surface area contributed by atoms with Crippen LogP contribution in [0.3, 0.4) is 0 Å². The Kier molecular flexibility index (Phi) is 6.28. The lowest BCUT2D eigenvalue weighted by atomic mass is 9.98. The van der Waals surface area contributed by atoms with E-state index in [1.807, 2.05) is 13.0 Å². The maximum absolute atomic E-state index is 6.32. The summed E-state index contributed by atoms with van der Waals surface area (Å²) in [6.45, 7) is 16.5. The second-order valence-corrected chi connectivity index (χ2v) is 6.41. The van der Waals surface area contributed by atoms with Crippen LogP contribution in [-0.4, -0.2) is 12.7 Å². The highest BCUT2D eigenvalue weighted by atomic mass is 16.5. The van der Waals surface area contributed by atoms with Crippen molar-refractivity contribution in [3.05, 3.63) is 47.1 Å². The summed E-state index contributed by atoms with van der Waals surface area (Å²) in [6, 6.07) is 2.06. The summed E-state index contributed by atoms with van der Waals surface area (Å²) in [4.78, 5) is 0. The highest BCUT2D eigenvalue weighted by molar-refractivity contribution is 5.52. The van der Waals surface area contributed by atoms with Crippen LogP contribution in [0.15, 0.2) is 30.4 Å². The van der Waals surface area contributed by atoms with Crippen molar-refractivity contribution >= 4 is 0 Å². The van der Waals surface area contributed by atoms with E-state index in [2.05, 4.69) is 53.3 Å². The molecule has 1 atom stereocenters. The van der Waals surface area contributed by atoms with E-state index in [-0.39, 0.29) is 5.60 Å². The Morgan fingerprint density at radius 2 is 1.86 bits per heavy atom. The van der Waals surface area contributed by atoms with Gasteiger partial charge in [0.25, 0.3) is 0 Å². The van der Waals surface area contributed by atoms with Gasteiger partial charge in [0.1, 0.15) is 17.1 Å². The lowest BCUT2D eigenvalue weighted by molar-refractivity contribution is 0.130. The molecule has 0 spiro atoms. The molecule has 122 valence electrons. The minimum Gasteiger partial charge on any atom is -0.496 e. The van der Waals surface area contributed by atoms with Gasteiger partial charge in [0.2, 0.25) is 0 Å². The standard InChI is InChI=1S/C20H30O2/c1-9-20(7,12-10-11-14(2)3)22-18-13-15(4)19(21-8)17(6)16(18)5/h9,11,13H,1,10,12H2,2-8H3/t20-/m0/s1. The molecule has 0 fully saturated rings. The van der Waals surface area contributed by atoms with E-state index in [0.29, 0.717) is 0 Å². The quantitative estimate of drug-likeness (QED) is 0.602. The fourth-order valence-corrected chi connectivity index (χ4v) is 2.53. The van der Waals surface area contributed by atoms with Crippen LogP contribution in [0, 0.1) is 20.8 Å². The van der Waals surface area contributed by atoms with E-state index >= 15 is 0 Å². The van der Waals surface area contributed by atoms with Gasteiger partial charge in [-0.05, 0) is 83.2 Å². The van der Waals surface area contributed by atoms with E-state index < -0.39 is 0 Å². The van der Waals surface area contributed by atoms with Gasteiger partial charge in [-0.2, -0.15) is 0 Å². The molecule has 0 unspecified atom stereocenters. The summed E-state index contributed by atoms with van der Waals surface area (Å²) in [7, 11) is 1.71. The SMILES string of the molecule is C=C[C@@](C)(CCC=C(C)C)Oc1cc(C)c(OC)c(C)c1C. The first-order valence-electron chi connectivity index (χ1n) is 7.85. The Balaban J connectivity index is 3.05. The smallest absolute Gasteiger partial charge is 0.125 e. The van der Waals surface area contributed by atoms with Crippen molar-refractivity contribution in [1.82, 2.24) is 0 Å². The van der Waals surface area contributed by atoms with Gasteiger partial charge in [0.15, 0.2) is 0 Å². The van der Waals surface area contributed by atoms with Gasteiger partial charge in [-0.25, -0.2) is 0 Å². The molecular formula is C20H30O2. The van der Waals surface area contributed by atoms with Crippen molar-refractivity contribution in [1.29, 1.82) is 0 Å². The third kappa shape index (κ3) is 4.40. The zero-order valence-corrected chi connectivity index (χ0v) is 15.2.